The Hall–Kier alpha value is -6.06. The molecule has 1 saturated heterocycles. The van der Waals surface area contributed by atoms with Crippen LogP contribution in [-0.4, -0.2) is 111 Å². The summed E-state index contributed by atoms with van der Waals surface area (Å²) in [6.45, 7) is 7.59. The van der Waals surface area contributed by atoms with E-state index in [2.05, 4.69) is 5.32 Å². The van der Waals surface area contributed by atoms with E-state index in [0.717, 1.165) is 19.9 Å². The molecule has 77 heavy (non-hydrogen) atoms. The maximum atomic E-state index is 15.8. The Morgan fingerprint density at radius 3 is 1.99 bits per heavy atom. The molecule has 1 amide bonds. The molecule has 12 atom stereocenters. The van der Waals surface area contributed by atoms with Gasteiger partial charge in [-0.05, 0) is 60.9 Å². The molecule has 4 aliphatic rings. The molecule has 4 aromatic rings. The Balaban J connectivity index is 0.00000861. The second-order valence-corrected chi connectivity index (χ2v) is 21.3. The normalized spacial score (nSPS) is 28.5. The number of aliphatic hydroxyl groups excluding tert-OH is 1. The molecule has 0 spiro atoms. The van der Waals surface area contributed by atoms with Gasteiger partial charge in [0.1, 0.15) is 35.7 Å². The van der Waals surface area contributed by atoms with Gasteiger partial charge in [-0.3, -0.25) is 28.5 Å². The first-order valence-corrected chi connectivity index (χ1v) is 25.8. The van der Waals surface area contributed by atoms with E-state index in [0.29, 0.717) is 0 Å². The van der Waals surface area contributed by atoms with Crippen LogP contribution in [0.4, 0.5) is 0 Å². The third-order valence-electron chi connectivity index (χ3n) is 15.2. The molecule has 402 valence electrons. The zero-order valence-corrected chi connectivity index (χ0v) is 46.1. The summed E-state index contributed by atoms with van der Waals surface area (Å²) in [6.07, 6.45) is -12.2. The Bertz CT molecular complexity index is 3010. The van der Waals surface area contributed by atoms with Crippen LogP contribution in [0.2, 0.25) is 0 Å². The number of ketones is 1. The van der Waals surface area contributed by atoms with Gasteiger partial charge in [-0.25, -0.2) is 9.59 Å². The van der Waals surface area contributed by atoms with Gasteiger partial charge in [-0.15, -0.1) is 0 Å². The van der Waals surface area contributed by atoms with Crippen molar-refractivity contribution in [2.45, 2.75) is 115 Å². The van der Waals surface area contributed by atoms with Gasteiger partial charge >= 0.3 is 67.2 Å². The van der Waals surface area contributed by atoms with Gasteiger partial charge in [0.25, 0.3) is 5.91 Å². The number of phosphoric acid groups is 1. The van der Waals surface area contributed by atoms with Crippen LogP contribution in [0.15, 0.2) is 126 Å². The zero-order chi connectivity index (χ0) is 55.1. The van der Waals surface area contributed by atoms with Crippen LogP contribution in [0.3, 0.4) is 0 Å². The second-order valence-electron chi connectivity index (χ2n) is 20.2. The number of phosphoric ester groups is 1. The molecule has 3 fully saturated rings. The average molecular weight is 1090 g/mol. The van der Waals surface area contributed by atoms with Crippen molar-refractivity contribution < 1.29 is 121 Å². The van der Waals surface area contributed by atoms with E-state index in [1.165, 1.54) is 82.3 Å². The van der Waals surface area contributed by atoms with E-state index in [-0.39, 0.29) is 76.0 Å². The number of fused-ring (bicyclic) bond motifs is 5. The quantitative estimate of drug-likeness (QED) is 0.0430. The third-order valence-corrected chi connectivity index (χ3v) is 15.7. The first-order chi connectivity index (χ1) is 35.8. The molecular formula is C55H57NNaO19P. The summed E-state index contributed by atoms with van der Waals surface area (Å²) in [6, 6.07) is 27.1. The summed E-state index contributed by atoms with van der Waals surface area (Å²) < 4.78 is 53.3. The average Bonchev–Trinajstić information content (AvgIpc) is 3.40. The van der Waals surface area contributed by atoms with E-state index in [1.54, 1.807) is 54.6 Å². The van der Waals surface area contributed by atoms with Crippen molar-refractivity contribution in [1.82, 2.24) is 5.32 Å². The molecule has 1 unspecified atom stereocenters. The summed E-state index contributed by atoms with van der Waals surface area (Å²) in [5, 5.41) is 29.0. The number of ether oxygens (including phenoxy) is 6. The molecule has 1 aliphatic heterocycles. The molecule has 4 aromatic carbocycles. The van der Waals surface area contributed by atoms with E-state index >= 15 is 9.59 Å². The topological polar surface area (TPSA) is 297 Å². The van der Waals surface area contributed by atoms with Gasteiger partial charge in [0, 0.05) is 43.2 Å². The number of nitrogens with one attached hydrogen (secondary N) is 1. The Morgan fingerprint density at radius 1 is 0.831 bits per heavy atom. The molecule has 1 heterocycles. The summed E-state index contributed by atoms with van der Waals surface area (Å²) >= 11 is 0. The number of rotatable bonds is 15. The standard InChI is InChI=1S/C55H58NO19P.Na/c1-30-38(71-51(64)45(72-41(60)26-36-24-16-17-25-37(36)75-76(66,67)68)43(33-18-10-7-11-19-33)56-49(62)34-20-12-8-13-21-34)28-55(65)48(73-50(63)35-22-14-9-15-23-35)46-53(6,39(59)27-40-54(46,29-69-40)74-32(3)58)47(61)44(70-31(2)57)42(30)52(55,4)5;/h7-25,38-40,43-46,48,59,65H,26-29H2,1-6H3,(H,56,62)(H2,66,67,68);/q;+1/p-1/t38-,39-,40+,43-,44+,45+,46-,48-,53+,54-,55+;/m0./s1. The minimum atomic E-state index is -5.40. The van der Waals surface area contributed by atoms with Crippen LogP contribution in [-0.2, 0) is 63.4 Å². The number of benzene rings is 4. The number of para-hydroxylation sites is 1. The first-order valence-electron chi connectivity index (χ1n) is 24.3. The number of aliphatic hydroxyl groups is 2. The Morgan fingerprint density at radius 2 is 1.42 bits per heavy atom. The van der Waals surface area contributed by atoms with Crippen LogP contribution in [0.25, 0.3) is 0 Å². The van der Waals surface area contributed by atoms with Crippen LogP contribution in [0.5, 0.6) is 5.75 Å². The monoisotopic (exact) mass is 1090 g/mol. The van der Waals surface area contributed by atoms with Crippen molar-refractivity contribution in [3.8, 4) is 5.75 Å². The summed E-state index contributed by atoms with van der Waals surface area (Å²) in [5.74, 6) is -9.12. The van der Waals surface area contributed by atoms with Crippen LogP contribution in [0.1, 0.15) is 92.3 Å². The number of carbonyl (C=O) groups is 7. The van der Waals surface area contributed by atoms with Gasteiger partial charge in [0.15, 0.2) is 17.5 Å². The molecule has 0 aromatic heterocycles. The largest absolute Gasteiger partial charge is 1.00 e. The molecule has 22 heteroatoms. The van der Waals surface area contributed by atoms with Crippen molar-refractivity contribution in [3.63, 3.8) is 0 Å². The van der Waals surface area contributed by atoms with Crippen molar-refractivity contribution in [1.29, 1.82) is 0 Å². The molecule has 2 bridgehead atoms. The van der Waals surface area contributed by atoms with Crippen LogP contribution < -0.4 is 44.3 Å². The van der Waals surface area contributed by atoms with Gasteiger partial charge in [-0.2, -0.15) is 0 Å². The number of hydrogen-bond acceptors (Lipinski definition) is 18. The maximum Gasteiger partial charge on any atom is 1.00 e. The Labute approximate surface area is 465 Å². The van der Waals surface area contributed by atoms with Gasteiger partial charge in [0.2, 0.25) is 6.10 Å². The van der Waals surface area contributed by atoms with Crippen LogP contribution >= 0.6 is 7.82 Å². The number of Topliss-reactive ketones (excluding diaryl/α,β-unsaturated/α-hetero) is 1. The van der Waals surface area contributed by atoms with Gasteiger partial charge in [0.05, 0.1) is 36.0 Å². The molecule has 2 saturated carbocycles. The molecule has 4 N–H and O–H groups in total. The summed E-state index contributed by atoms with van der Waals surface area (Å²) in [7, 11) is -5.40. The maximum absolute atomic E-state index is 15.8. The summed E-state index contributed by atoms with van der Waals surface area (Å²) in [4.78, 5) is 122. The second kappa shape index (κ2) is 22.7. The van der Waals surface area contributed by atoms with Crippen molar-refractivity contribution in [2.75, 3.05) is 6.61 Å². The fourth-order valence-electron chi connectivity index (χ4n) is 11.5. The molecule has 0 radical (unpaired) electrons. The fraction of sp³-hybridized carbons (Fsp3) is 0.400. The van der Waals surface area contributed by atoms with Gasteiger partial charge in [-0.1, -0.05) is 98.8 Å². The van der Waals surface area contributed by atoms with E-state index in [9.17, 15) is 48.5 Å². The number of esters is 5. The predicted molar refractivity (Wildman–Crippen MR) is 262 cm³/mol. The SMILES string of the molecule is CC(=O)O[C@H]1C(=O)[C@@]2(C)[C@H]([C@H](OC(=O)c3ccccc3)[C@]3(O)C[C@H](OC(=O)[C@H](OC(=O)Cc4ccccc4OP(=O)([O-])O)[C@@H](NC(=O)c4ccccc4)c4ccccc4)C(C)=C1C3(C)C)[C@]1(OC(C)=O)CO[C@@H]1C[C@@H]2O.[Na+]. The minimum Gasteiger partial charge on any atom is -0.746 e. The third kappa shape index (κ3) is 11.3. The summed E-state index contributed by atoms with van der Waals surface area (Å²) in [5.41, 5.74) is -8.17. The predicted octanol–water partition coefficient (Wildman–Crippen LogP) is 1.37. The van der Waals surface area contributed by atoms with Crippen LogP contribution in [0, 0.1) is 16.7 Å². The van der Waals surface area contributed by atoms with Crippen molar-refractivity contribution in [3.05, 3.63) is 149 Å². The molecule has 8 rings (SSSR count). The number of hydrogen-bond donors (Lipinski definition) is 4. The minimum absolute atomic E-state index is 0. The van der Waals surface area contributed by atoms with E-state index < -0.39 is 139 Å². The van der Waals surface area contributed by atoms with Crippen molar-refractivity contribution in [2.24, 2.45) is 16.7 Å². The van der Waals surface area contributed by atoms with E-state index in [4.69, 9.17) is 32.9 Å². The molecular weight excluding hydrogens is 1030 g/mol. The first kappa shape index (κ1) is 58.6. The fourth-order valence-corrected chi connectivity index (χ4v) is 11.9. The molecule has 20 nitrogen and oxygen atoms in total. The zero-order valence-electron chi connectivity index (χ0n) is 43.2. The van der Waals surface area contributed by atoms with Gasteiger partial charge < -0.3 is 58.3 Å². The molecule has 3 aliphatic carbocycles. The van der Waals surface area contributed by atoms with E-state index in [1.807, 2.05) is 0 Å². The smallest absolute Gasteiger partial charge is 0.746 e. The Kier molecular flexibility index (Phi) is 17.3. The van der Waals surface area contributed by atoms with Crippen molar-refractivity contribution >= 4 is 49.4 Å². The number of carbonyl (C=O) groups excluding carboxylic acids is 7. The number of amides is 1.